The average molecular weight is 249 g/mol. The fourth-order valence-corrected chi connectivity index (χ4v) is 1.73. The first-order valence-electron chi connectivity index (χ1n) is 4.02. The number of carbonyl (C=O) groups is 1. The number of hydrogen-bond acceptors (Lipinski definition) is 5. The van der Waals surface area contributed by atoms with Crippen LogP contribution in [0.2, 0.25) is 0 Å². The molecule has 5 nitrogen and oxygen atoms in total. The standard InChI is InChI=1S/C8H11NO4S2/c1-8(14,15)6(7(12)13)9-4(10)2-3-5(9)11/h2-3,6,10-11,14-15H,1H3,(H,12,13). The van der Waals surface area contributed by atoms with Gasteiger partial charge in [-0.25, -0.2) is 4.79 Å². The summed E-state index contributed by atoms with van der Waals surface area (Å²) in [4.78, 5) is 11.0. The van der Waals surface area contributed by atoms with Gasteiger partial charge in [-0.05, 0) is 6.92 Å². The van der Waals surface area contributed by atoms with Crippen molar-refractivity contribution in [3.8, 4) is 11.8 Å². The van der Waals surface area contributed by atoms with Crippen molar-refractivity contribution in [3.63, 3.8) is 0 Å². The van der Waals surface area contributed by atoms with Crippen molar-refractivity contribution in [1.29, 1.82) is 0 Å². The maximum Gasteiger partial charge on any atom is 0.329 e. The fraction of sp³-hybridized carbons (Fsp3) is 0.375. The van der Waals surface area contributed by atoms with Crippen LogP contribution in [-0.2, 0) is 4.79 Å². The summed E-state index contributed by atoms with van der Waals surface area (Å²) in [5.41, 5.74) is 0. The molecular formula is C8H11NO4S2. The van der Waals surface area contributed by atoms with Gasteiger partial charge in [0.25, 0.3) is 0 Å². The van der Waals surface area contributed by atoms with Crippen molar-refractivity contribution in [1.82, 2.24) is 4.57 Å². The van der Waals surface area contributed by atoms with Crippen molar-refractivity contribution < 1.29 is 20.1 Å². The molecule has 0 saturated carbocycles. The van der Waals surface area contributed by atoms with E-state index >= 15 is 0 Å². The minimum Gasteiger partial charge on any atom is -0.494 e. The van der Waals surface area contributed by atoms with Gasteiger partial charge in [0.15, 0.2) is 17.8 Å². The second-order valence-electron chi connectivity index (χ2n) is 3.25. The number of carboxylic acids is 1. The molecule has 1 aromatic heterocycles. The lowest BCUT2D eigenvalue weighted by Gasteiger charge is -2.27. The van der Waals surface area contributed by atoms with E-state index in [0.717, 1.165) is 4.57 Å². The Hall–Kier alpha value is -0.950. The van der Waals surface area contributed by atoms with Gasteiger partial charge >= 0.3 is 5.97 Å². The third-order valence-corrected chi connectivity index (χ3v) is 2.37. The molecule has 0 aliphatic rings. The van der Waals surface area contributed by atoms with Gasteiger partial charge in [-0.2, -0.15) is 25.3 Å². The maximum absolute atomic E-state index is 11.0. The summed E-state index contributed by atoms with van der Waals surface area (Å²) in [5.74, 6) is -1.95. The van der Waals surface area contributed by atoms with Crippen LogP contribution >= 0.6 is 25.3 Å². The summed E-state index contributed by atoms with van der Waals surface area (Å²) < 4.78 is -0.373. The molecule has 0 aromatic carbocycles. The molecule has 0 fully saturated rings. The van der Waals surface area contributed by atoms with Gasteiger partial charge in [0.1, 0.15) is 0 Å². The smallest absolute Gasteiger partial charge is 0.329 e. The molecule has 0 saturated heterocycles. The van der Waals surface area contributed by atoms with Crippen molar-refractivity contribution in [3.05, 3.63) is 12.1 Å². The fourth-order valence-electron chi connectivity index (χ4n) is 1.28. The second kappa shape index (κ2) is 3.90. The highest BCUT2D eigenvalue weighted by atomic mass is 32.2. The third-order valence-electron chi connectivity index (χ3n) is 1.89. The van der Waals surface area contributed by atoms with E-state index in [1.807, 2.05) is 0 Å². The number of nitrogens with zero attached hydrogens (tertiary/aromatic N) is 1. The summed E-state index contributed by atoms with van der Waals surface area (Å²) in [6, 6.07) is 1.11. The zero-order valence-electron chi connectivity index (χ0n) is 7.82. The zero-order chi connectivity index (χ0) is 11.8. The van der Waals surface area contributed by atoms with Crippen molar-refractivity contribution in [2.24, 2.45) is 0 Å². The molecule has 0 radical (unpaired) electrons. The largest absolute Gasteiger partial charge is 0.494 e. The van der Waals surface area contributed by atoms with E-state index < -0.39 is 16.1 Å². The summed E-state index contributed by atoms with van der Waals surface area (Å²) in [5, 5.41) is 27.8. The predicted octanol–water partition coefficient (Wildman–Crippen LogP) is 1.10. The number of thiol groups is 2. The Morgan fingerprint density at radius 1 is 1.40 bits per heavy atom. The predicted molar refractivity (Wildman–Crippen MR) is 60.8 cm³/mol. The third kappa shape index (κ3) is 2.35. The van der Waals surface area contributed by atoms with Gasteiger partial charge in [0.05, 0.1) is 4.08 Å². The number of hydrogen-bond donors (Lipinski definition) is 5. The average Bonchev–Trinajstić information content (AvgIpc) is 2.32. The Labute approximate surface area is 97.2 Å². The molecule has 1 heterocycles. The van der Waals surface area contributed by atoms with Crippen LogP contribution in [0.15, 0.2) is 12.1 Å². The first-order chi connectivity index (χ1) is 6.75. The van der Waals surface area contributed by atoms with Crippen molar-refractivity contribution >= 4 is 31.2 Å². The Balaban J connectivity index is 3.28. The van der Waals surface area contributed by atoms with E-state index in [4.69, 9.17) is 5.11 Å². The van der Waals surface area contributed by atoms with Gasteiger partial charge in [-0.3, -0.25) is 4.57 Å². The summed E-state index contributed by atoms with van der Waals surface area (Å²) in [7, 11) is 0. The number of aromatic hydroxyl groups is 2. The van der Waals surface area contributed by atoms with Crippen LogP contribution in [0.3, 0.4) is 0 Å². The molecule has 0 bridgehead atoms. The second-order valence-corrected chi connectivity index (χ2v) is 5.47. The lowest BCUT2D eigenvalue weighted by atomic mass is 10.2. The minimum absolute atomic E-state index is 0.353. The Morgan fingerprint density at radius 2 is 1.80 bits per heavy atom. The summed E-state index contributed by atoms with van der Waals surface area (Å²) >= 11 is 8.02. The molecule has 15 heavy (non-hydrogen) atoms. The van der Waals surface area contributed by atoms with Gasteiger partial charge in [-0.1, -0.05) is 0 Å². The highest BCUT2D eigenvalue weighted by Gasteiger charge is 2.37. The Morgan fingerprint density at radius 3 is 2.07 bits per heavy atom. The Kier molecular flexibility index (Phi) is 3.15. The molecule has 0 spiro atoms. The molecule has 0 amide bonds. The van der Waals surface area contributed by atoms with E-state index in [1.165, 1.54) is 19.1 Å². The topological polar surface area (TPSA) is 82.7 Å². The maximum atomic E-state index is 11.0. The number of rotatable bonds is 3. The van der Waals surface area contributed by atoms with Gasteiger partial charge < -0.3 is 15.3 Å². The molecule has 1 aromatic rings. The summed E-state index contributed by atoms with van der Waals surface area (Å²) in [6.45, 7) is 1.46. The molecule has 84 valence electrons. The molecule has 0 aliphatic heterocycles. The monoisotopic (exact) mass is 249 g/mol. The molecule has 1 atom stereocenters. The lowest BCUT2D eigenvalue weighted by Crippen LogP contribution is -2.32. The van der Waals surface area contributed by atoms with E-state index in [-0.39, 0.29) is 11.8 Å². The summed E-state index contributed by atoms with van der Waals surface area (Å²) in [6.07, 6.45) is 0. The van der Waals surface area contributed by atoms with E-state index in [9.17, 15) is 15.0 Å². The first-order valence-corrected chi connectivity index (χ1v) is 4.91. The molecule has 1 rings (SSSR count). The van der Waals surface area contributed by atoms with Crippen LogP contribution in [0, 0.1) is 0 Å². The molecule has 3 N–H and O–H groups in total. The zero-order valence-corrected chi connectivity index (χ0v) is 9.61. The van der Waals surface area contributed by atoms with E-state index in [0.29, 0.717) is 0 Å². The van der Waals surface area contributed by atoms with Gasteiger partial charge in [0, 0.05) is 12.1 Å². The normalized spacial score (nSPS) is 13.8. The lowest BCUT2D eigenvalue weighted by molar-refractivity contribution is -0.141. The molecule has 7 heteroatoms. The minimum atomic E-state index is -1.28. The highest BCUT2D eigenvalue weighted by molar-refractivity contribution is 8.00. The number of aliphatic carboxylic acids is 1. The van der Waals surface area contributed by atoms with Crippen LogP contribution in [0.4, 0.5) is 0 Å². The quantitative estimate of drug-likeness (QED) is 0.410. The molecular weight excluding hydrogens is 238 g/mol. The first kappa shape index (κ1) is 12.1. The number of carboxylic acid groups (broad SMARTS) is 1. The number of aromatic nitrogens is 1. The van der Waals surface area contributed by atoms with Crippen LogP contribution in [0.1, 0.15) is 13.0 Å². The molecule has 0 aliphatic carbocycles. The van der Waals surface area contributed by atoms with E-state index in [1.54, 1.807) is 0 Å². The van der Waals surface area contributed by atoms with Crippen LogP contribution in [0.25, 0.3) is 0 Å². The molecule has 1 unspecified atom stereocenters. The SMILES string of the molecule is CC(S)(S)C(C(=O)O)n1c(O)ccc1O. The van der Waals surface area contributed by atoms with Gasteiger partial charge in [0.2, 0.25) is 0 Å². The van der Waals surface area contributed by atoms with Crippen molar-refractivity contribution in [2.45, 2.75) is 17.0 Å². The van der Waals surface area contributed by atoms with Gasteiger partial charge in [-0.15, -0.1) is 0 Å². The van der Waals surface area contributed by atoms with E-state index in [2.05, 4.69) is 25.3 Å². The highest BCUT2D eigenvalue weighted by Crippen LogP contribution is 2.38. The van der Waals surface area contributed by atoms with Crippen LogP contribution in [-0.4, -0.2) is 29.9 Å². The van der Waals surface area contributed by atoms with Crippen LogP contribution < -0.4 is 0 Å². The van der Waals surface area contributed by atoms with Crippen LogP contribution in [0.5, 0.6) is 11.8 Å². The van der Waals surface area contributed by atoms with Crippen molar-refractivity contribution in [2.75, 3.05) is 0 Å². The Bertz CT molecular complexity index is 363.